The van der Waals surface area contributed by atoms with Crippen LogP contribution in [0.1, 0.15) is 23.6 Å². The molecule has 0 aliphatic carbocycles. The highest BCUT2D eigenvalue weighted by molar-refractivity contribution is 7.11. The number of nitrogens with zero attached hydrogens (tertiary/aromatic N) is 1. The molecule has 0 aliphatic rings. The Bertz CT molecular complexity index is 551. The third-order valence-electron chi connectivity index (χ3n) is 2.48. The Hall–Kier alpha value is -1.75. The molecule has 0 aliphatic heterocycles. The maximum atomic E-state index is 5.84. The molecule has 0 spiro atoms. The zero-order valence-electron chi connectivity index (χ0n) is 11.4. The lowest BCUT2D eigenvalue weighted by molar-refractivity contribution is 0.234. The molecule has 0 fully saturated rings. The minimum atomic E-state index is 0.0602. The summed E-state index contributed by atoms with van der Waals surface area (Å²) in [5.74, 6) is 1.26. The van der Waals surface area contributed by atoms with E-state index in [-0.39, 0.29) is 6.10 Å². The van der Waals surface area contributed by atoms with E-state index in [0.717, 1.165) is 12.4 Å². The molecule has 0 bridgehead atoms. The molecule has 19 heavy (non-hydrogen) atoms. The number of aryl methyl sites for hydroxylation is 1. The fraction of sp³-hybridized carbons (Fsp3) is 0.357. The van der Waals surface area contributed by atoms with Crippen LogP contribution < -0.4 is 15.8 Å². The molecule has 2 heterocycles. The first-order valence-electron chi connectivity index (χ1n) is 6.27. The minimum Gasteiger partial charge on any atom is -0.473 e. The molecule has 0 amide bonds. The second kappa shape index (κ2) is 5.93. The Morgan fingerprint density at radius 3 is 2.74 bits per heavy atom. The van der Waals surface area contributed by atoms with Gasteiger partial charge in [-0.1, -0.05) is 0 Å². The zero-order chi connectivity index (χ0) is 13.8. The van der Waals surface area contributed by atoms with Crippen molar-refractivity contribution in [2.45, 2.75) is 33.4 Å². The van der Waals surface area contributed by atoms with E-state index in [9.17, 15) is 0 Å². The third kappa shape index (κ3) is 3.86. The maximum absolute atomic E-state index is 5.84. The highest BCUT2D eigenvalue weighted by Crippen LogP contribution is 2.23. The predicted octanol–water partition coefficient (Wildman–Crippen LogP) is 3.43. The number of nitrogens with two attached hydrogens (primary N) is 1. The standard InChI is InChI=1S/C14H19N3OS/c1-9(2)18-14-12(15)6-7-13(17-14)16-8-11-5-4-10(3)19-11/h4-7,9H,8,15H2,1-3H3,(H,16,17). The van der Waals surface area contributed by atoms with Gasteiger partial charge in [-0.15, -0.1) is 11.3 Å². The van der Waals surface area contributed by atoms with Crippen molar-refractivity contribution in [3.63, 3.8) is 0 Å². The lowest BCUT2D eigenvalue weighted by atomic mass is 10.3. The summed E-state index contributed by atoms with van der Waals surface area (Å²) < 4.78 is 5.57. The van der Waals surface area contributed by atoms with Crippen molar-refractivity contribution >= 4 is 22.8 Å². The number of hydrogen-bond donors (Lipinski definition) is 2. The van der Waals surface area contributed by atoms with Crippen molar-refractivity contribution in [3.8, 4) is 5.88 Å². The van der Waals surface area contributed by atoms with Gasteiger partial charge in [0.1, 0.15) is 5.82 Å². The number of pyridine rings is 1. The van der Waals surface area contributed by atoms with Crippen LogP contribution in [0.15, 0.2) is 24.3 Å². The first-order valence-corrected chi connectivity index (χ1v) is 7.08. The van der Waals surface area contributed by atoms with Crippen LogP contribution in [-0.2, 0) is 6.54 Å². The number of ether oxygens (including phenoxy) is 1. The Morgan fingerprint density at radius 2 is 2.11 bits per heavy atom. The average Bonchev–Trinajstić information content (AvgIpc) is 2.75. The molecule has 4 nitrogen and oxygen atoms in total. The van der Waals surface area contributed by atoms with Crippen LogP contribution in [0.3, 0.4) is 0 Å². The van der Waals surface area contributed by atoms with E-state index in [1.807, 2.05) is 26.0 Å². The first kappa shape index (κ1) is 13.7. The summed E-state index contributed by atoms with van der Waals surface area (Å²) >= 11 is 1.78. The van der Waals surface area contributed by atoms with Gasteiger partial charge in [-0.05, 0) is 45.0 Å². The number of rotatable bonds is 5. The first-order chi connectivity index (χ1) is 9.04. The molecule has 2 rings (SSSR count). The molecule has 0 aromatic carbocycles. The van der Waals surface area contributed by atoms with Gasteiger partial charge in [0.25, 0.3) is 0 Å². The van der Waals surface area contributed by atoms with Gasteiger partial charge in [0.15, 0.2) is 0 Å². The topological polar surface area (TPSA) is 60.2 Å². The Labute approximate surface area is 117 Å². The SMILES string of the molecule is Cc1ccc(CNc2ccc(N)c(OC(C)C)n2)s1. The number of aromatic nitrogens is 1. The summed E-state index contributed by atoms with van der Waals surface area (Å²) in [6, 6.07) is 7.91. The normalized spacial score (nSPS) is 10.7. The maximum Gasteiger partial charge on any atom is 0.239 e. The van der Waals surface area contributed by atoms with Crippen molar-refractivity contribution in [2.75, 3.05) is 11.1 Å². The Kier molecular flexibility index (Phi) is 4.27. The third-order valence-corrected chi connectivity index (χ3v) is 3.48. The van der Waals surface area contributed by atoms with E-state index in [1.54, 1.807) is 11.3 Å². The fourth-order valence-corrected chi connectivity index (χ4v) is 2.46. The average molecular weight is 277 g/mol. The number of hydrogen-bond acceptors (Lipinski definition) is 5. The van der Waals surface area contributed by atoms with Crippen LogP contribution in [0, 0.1) is 6.92 Å². The number of nitrogen functional groups attached to an aromatic ring is 1. The summed E-state index contributed by atoms with van der Waals surface area (Å²) in [4.78, 5) is 6.97. The monoisotopic (exact) mass is 277 g/mol. The molecule has 0 unspecified atom stereocenters. The molecular formula is C14H19N3OS. The molecule has 0 saturated carbocycles. The van der Waals surface area contributed by atoms with Gasteiger partial charge in [0.05, 0.1) is 18.3 Å². The van der Waals surface area contributed by atoms with E-state index >= 15 is 0 Å². The molecule has 2 aromatic heterocycles. The van der Waals surface area contributed by atoms with Gasteiger partial charge in [0.2, 0.25) is 5.88 Å². The quantitative estimate of drug-likeness (QED) is 0.879. The molecule has 3 N–H and O–H groups in total. The van der Waals surface area contributed by atoms with Crippen LogP contribution in [0.25, 0.3) is 0 Å². The minimum absolute atomic E-state index is 0.0602. The summed E-state index contributed by atoms with van der Waals surface area (Å²) in [5.41, 5.74) is 6.40. The van der Waals surface area contributed by atoms with Crippen molar-refractivity contribution < 1.29 is 4.74 Å². The second-order valence-corrected chi connectivity index (χ2v) is 6.00. The molecular weight excluding hydrogens is 258 g/mol. The van der Waals surface area contributed by atoms with E-state index in [1.165, 1.54) is 9.75 Å². The fourth-order valence-electron chi connectivity index (χ4n) is 1.63. The summed E-state index contributed by atoms with van der Waals surface area (Å²) in [7, 11) is 0. The van der Waals surface area contributed by atoms with Gasteiger partial charge >= 0.3 is 0 Å². The molecule has 0 saturated heterocycles. The van der Waals surface area contributed by atoms with E-state index in [0.29, 0.717) is 11.6 Å². The van der Waals surface area contributed by atoms with Gasteiger partial charge in [0, 0.05) is 9.75 Å². The van der Waals surface area contributed by atoms with Crippen LogP contribution >= 0.6 is 11.3 Å². The van der Waals surface area contributed by atoms with E-state index in [4.69, 9.17) is 10.5 Å². The van der Waals surface area contributed by atoms with E-state index in [2.05, 4.69) is 29.4 Å². The Morgan fingerprint density at radius 1 is 1.32 bits per heavy atom. The van der Waals surface area contributed by atoms with Crippen LogP contribution in [0.4, 0.5) is 11.5 Å². The predicted molar refractivity (Wildman–Crippen MR) is 80.8 cm³/mol. The molecule has 0 radical (unpaired) electrons. The second-order valence-electron chi connectivity index (χ2n) is 4.62. The number of anilines is 2. The Balaban J connectivity index is 2.04. The largest absolute Gasteiger partial charge is 0.473 e. The summed E-state index contributed by atoms with van der Waals surface area (Å²) in [6.45, 7) is 6.77. The lowest BCUT2D eigenvalue weighted by Gasteiger charge is -2.12. The number of thiophene rings is 1. The van der Waals surface area contributed by atoms with Crippen molar-refractivity contribution in [1.82, 2.24) is 4.98 Å². The lowest BCUT2D eigenvalue weighted by Crippen LogP contribution is -2.10. The van der Waals surface area contributed by atoms with Crippen molar-refractivity contribution in [3.05, 3.63) is 34.0 Å². The van der Waals surface area contributed by atoms with Gasteiger partial charge < -0.3 is 15.8 Å². The van der Waals surface area contributed by atoms with E-state index < -0.39 is 0 Å². The van der Waals surface area contributed by atoms with Gasteiger partial charge in [-0.25, -0.2) is 0 Å². The molecule has 2 aromatic rings. The van der Waals surface area contributed by atoms with Gasteiger partial charge in [-0.2, -0.15) is 4.98 Å². The van der Waals surface area contributed by atoms with Crippen LogP contribution in [0.2, 0.25) is 0 Å². The van der Waals surface area contributed by atoms with Crippen LogP contribution in [0.5, 0.6) is 5.88 Å². The summed E-state index contributed by atoms with van der Waals surface area (Å²) in [6.07, 6.45) is 0.0602. The van der Waals surface area contributed by atoms with Crippen molar-refractivity contribution in [2.24, 2.45) is 0 Å². The van der Waals surface area contributed by atoms with Crippen molar-refractivity contribution in [1.29, 1.82) is 0 Å². The highest BCUT2D eigenvalue weighted by atomic mass is 32.1. The summed E-state index contributed by atoms with van der Waals surface area (Å²) in [5, 5.41) is 3.28. The molecule has 5 heteroatoms. The smallest absolute Gasteiger partial charge is 0.239 e. The molecule has 102 valence electrons. The van der Waals surface area contributed by atoms with Gasteiger partial charge in [-0.3, -0.25) is 0 Å². The molecule has 0 atom stereocenters. The highest BCUT2D eigenvalue weighted by Gasteiger charge is 2.06. The van der Waals surface area contributed by atoms with Crippen LogP contribution in [-0.4, -0.2) is 11.1 Å². The number of nitrogens with one attached hydrogen (secondary N) is 1. The zero-order valence-corrected chi connectivity index (χ0v) is 12.3.